The molecule has 1 atom stereocenters. The second-order valence-electron chi connectivity index (χ2n) is 6.05. The predicted octanol–water partition coefficient (Wildman–Crippen LogP) is 2.86. The van der Waals surface area contributed by atoms with Gasteiger partial charge in [-0.25, -0.2) is 0 Å². The third kappa shape index (κ3) is 2.98. The monoisotopic (exact) mass is 260 g/mol. The molecule has 0 aliphatic carbocycles. The van der Waals surface area contributed by atoms with Gasteiger partial charge in [0.25, 0.3) is 0 Å². The molecule has 19 heavy (non-hydrogen) atoms. The van der Waals surface area contributed by atoms with Gasteiger partial charge in [-0.2, -0.15) is 0 Å². The van der Waals surface area contributed by atoms with E-state index in [1.807, 2.05) is 19.2 Å². The average Bonchev–Trinajstić information content (AvgIpc) is 2.37. The van der Waals surface area contributed by atoms with Gasteiger partial charge in [-0.1, -0.05) is 0 Å². The van der Waals surface area contributed by atoms with E-state index in [0.29, 0.717) is 6.04 Å². The molecule has 0 bridgehead atoms. The lowest BCUT2D eigenvalue weighted by molar-refractivity contribution is 0.101. The molecule has 3 nitrogen and oxygen atoms in total. The van der Waals surface area contributed by atoms with Crippen molar-refractivity contribution in [3.8, 4) is 0 Å². The highest BCUT2D eigenvalue weighted by molar-refractivity contribution is 5.94. The molecule has 1 heterocycles. The third-order valence-electron chi connectivity index (χ3n) is 4.17. The maximum Gasteiger partial charge on any atom is 0.159 e. The fraction of sp³-hybridized carbons (Fsp3) is 0.562. The summed E-state index contributed by atoms with van der Waals surface area (Å²) in [5, 5.41) is 3.38. The van der Waals surface area contributed by atoms with Gasteiger partial charge in [0.2, 0.25) is 0 Å². The number of hydrogen-bond acceptors (Lipinski definition) is 3. The van der Waals surface area contributed by atoms with Gasteiger partial charge in [-0.15, -0.1) is 0 Å². The molecule has 1 N–H and O–H groups in total. The van der Waals surface area contributed by atoms with Crippen LogP contribution < -0.4 is 10.2 Å². The Labute approximate surface area is 116 Å². The van der Waals surface area contributed by atoms with E-state index < -0.39 is 0 Å². The van der Waals surface area contributed by atoms with E-state index in [0.717, 1.165) is 24.9 Å². The van der Waals surface area contributed by atoms with Crippen molar-refractivity contribution >= 4 is 11.5 Å². The van der Waals surface area contributed by atoms with E-state index in [4.69, 9.17) is 0 Å². The van der Waals surface area contributed by atoms with Crippen molar-refractivity contribution in [1.29, 1.82) is 0 Å². The second kappa shape index (κ2) is 5.33. The van der Waals surface area contributed by atoms with Crippen LogP contribution in [0.15, 0.2) is 24.3 Å². The highest BCUT2D eigenvalue weighted by Gasteiger charge is 2.34. The molecule has 1 aromatic carbocycles. The number of ketones is 1. The molecule has 0 spiro atoms. The minimum Gasteiger partial charge on any atom is -0.366 e. The van der Waals surface area contributed by atoms with Crippen molar-refractivity contribution < 1.29 is 4.79 Å². The lowest BCUT2D eigenvalue weighted by Gasteiger charge is -2.47. The minimum atomic E-state index is 0.125. The molecule has 1 aliphatic heterocycles. The normalized spacial score (nSPS) is 22.3. The highest BCUT2D eigenvalue weighted by atomic mass is 16.1. The molecule has 1 aliphatic rings. The number of carbonyl (C=O) groups excluding carboxylic acids is 1. The quantitative estimate of drug-likeness (QED) is 0.848. The number of carbonyl (C=O) groups is 1. The number of hydrogen-bond donors (Lipinski definition) is 1. The molecule has 0 radical (unpaired) electrons. The lowest BCUT2D eigenvalue weighted by Crippen LogP contribution is -2.54. The second-order valence-corrected chi connectivity index (χ2v) is 6.05. The first kappa shape index (κ1) is 14.1. The van der Waals surface area contributed by atoms with Crippen LogP contribution in [0.25, 0.3) is 0 Å². The van der Waals surface area contributed by atoms with Crippen molar-refractivity contribution in [3.63, 3.8) is 0 Å². The first-order valence-corrected chi connectivity index (χ1v) is 7.00. The molecule has 1 fully saturated rings. The van der Waals surface area contributed by atoms with Gasteiger partial charge in [0.15, 0.2) is 5.78 Å². The fourth-order valence-electron chi connectivity index (χ4n) is 3.00. The summed E-state index contributed by atoms with van der Waals surface area (Å²) < 4.78 is 0. The van der Waals surface area contributed by atoms with Crippen molar-refractivity contribution in [1.82, 2.24) is 5.32 Å². The summed E-state index contributed by atoms with van der Waals surface area (Å²) in [6, 6.07) is 8.59. The summed E-state index contributed by atoms with van der Waals surface area (Å²) in [5.74, 6) is 0.125. The summed E-state index contributed by atoms with van der Waals surface area (Å²) in [5.41, 5.74) is 2.14. The summed E-state index contributed by atoms with van der Waals surface area (Å²) in [6.45, 7) is 7.24. The van der Waals surface area contributed by atoms with Crippen LogP contribution >= 0.6 is 0 Å². The van der Waals surface area contributed by atoms with Crippen LogP contribution in [0.5, 0.6) is 0 Å². The van der Waals surface area contributed by atoms with Crippen LogP contribution in [-0.2, 0) is 0 Å². The van der Waals surface area contributed by atoms with Crippen LogP contribution in [0, 0.1) is 0 Å². The lowest BCUT2D eigenvalue weighted by atomic mass is 9.86. The Morgan fingerprint density at radius 3 is 2.42 bits per heavy atom. The van der Waals surface area contributed by atoms with E-state index in [-0.39, 0.29) is 11.3 Å². The fourth-order valence-corrected chi connectivity index (χ4v) is 3.00. The zero-order valence-corrected chi connectivity index (χ0v) is 12.4. The Bertz CT molecular complexity index is 450. The summed E-state index contributed by atoms with van der Waals surface area (Å²) in [6.07, 6.45) is 2.30. The molecule has 1 aromatic rings. The maximum absolute atomic E-state index is 11.3. The smallest absolute Gasteiger partial charge is 0.159 e. The van der Waals surface area contributed by atoms with Gasteiger partial charge in [0.1, 0.15) is 0 Å². The van der Waals surface area contributed by atoms with Gasteiger partial charge in [0, 0.05) is 29.4 Å². The molecular formula is C16H24N2O. The van der Waals surface area contributed by atoms with Crippen molar-refractivity contribution in [2.45, 2.75) is 45.2 Å². The molecule has 1 saturated heterocycles. The van der Waals surface area contributed by atoms with Gasteiger partial charge in [-0.05, 0) is 64.9 Å². The van der Waals surface area contributed by atoms with E-state index in [1.54, 1.807) is 6.92 Å². The molecule has 0 saturated carbocycles. The minimum absolute atomic E-state index is 0.125. The van der Waals surface area contributed by atoms with E-state index in [2.05, 4.69) is 36.2 Å². The molecule has 1 unspecified atom stereocenters. The van der Waals surface area contributed by atoms with Gasteiger partial charge >= 0.3 is 0 Å². The SMILES string of the molecule is CNC1CCN(c2ccc(C(C)=O)cc2)C(C)(C)C1. The first-order valence-electron chi connectivity index (χ1n) is 7.00. The zero-order valence-electron chi connectivity index (χ0n) is 12.4. The summed E-state index contributed by atoms with van der Waals surface area (Å²) >= 11 is 0. The molecule has 0 aromatic heterocycles. The Morgan fingerprint density at radius 2 is 1.95 bits per heavy atom. The summed E-state index contributed by atoms with van der Waals surface area (Å²) in [7, 11) is 2.04. The molecule has 2 rings (SSSR count). The molecule has 0 amide bonds. The summed E-state index contributed by atoms with van der Waals surface area (Å²) in [4.78, 5) is 13.8. The number of anilines is 1. The van der Waals surface area contributed by atoms with E-state index >= 15 is 0 Å². The third-order valence-corrected chi connectivity index (χ3v) is 4.17. The average molecular weight is 260 g/mol. The Morgan fingerprint density at radius 1 is 1.32 bits per heavy atom. The number of nitrogens with one attached hydrogen (secondary N) is 1. The standard InChI is InChI=1S/C16H24N2O/c1-12(19)13-5-7-15(8-6-13)18-10-9-14(17-4)11-16(18,2)3/h5-8,14,17H,9-11H2,1-4H3. The Kier molecular flexibility index (Phi) is 3.95. The Hall–Kier alpha value is -1.35. The van der Waals surface area contributed by atoms with Crippen LogP contribution in [-0.4, -0.2) is 31.0 Å². The Balaban J connectivity index is 2.19. The molecule has 3 heteroatoms. The van der Waals surface area contributed by atoms with Gasteiger partial charge < -0.3 is 10.2 Å². The van der Waals surface area contributed by atoms with Crippen molar-refractivity contribution in [3.05, 3.63) is 29.8 Å². The first-order chi connectivity index (χ1) is 8.94. The van der Waals surface area contributed by atoms with Crippen LogP contribution in [0.4, 0.5) is 5.69 Å². The van der Waals surface area contributed by atoms with Crippen molar-refractivity contribution in [2.24, 2.45) is 0 Å². The number of rotatable bonds is 3. The number of piperidine rings is 1. The largest absolute Gasteiger partial charge is 0.366 e. The van der Waals surface area contributed by atoms with Crippen molar-refractivity contribution in [2.75, 3.05) is 18.5 Å². The number of Topliss-reactive ketones (excluding diaryl/α,β-unsaturated/α-hetero) is 1. The predicted molar refractivity (Wildman–Crippen MR) is 80.0 cm³/mol. The van der Waals surface area contributed by atoms with Gasteiger partial charge in [-0.3, -0.25) is 4.79 Å². The molecular weight excluding hydrogens is 236 g/mol. The van der Waals surface area contributed by atoms with E-state index in [9.17, 15) is 4.79 Å². The zero-order chi connectivity index (χ0) is 14.0. The number of nitrogens with zero attached hydrogens (tertiary/aromatic N) is 1. The molecule has 104 valence electrons. The maximum atomic E-state index is 11.3. The van der Waals surface area contributed by atoms with Crippen LogP contribution in [0.1, 0.15) is 44.0 Å². The van der Waals surface area contributed by atoms with Gasteiger partial charge in [0.05, 0.1) is 0 Å². The number of benzene rings is 1. The van der Waals surface area contributed by atoms with Crippen LogP contribution in [0.2, 0.25) is 0 Å². The topological polar surface area (TPSA) is 32.3 Å². The van der Waals surface area contributed by atoms with E-state index in [1.165, 1.54) is 5.69 Å². The highest BCUT2D eigenvalue weighted by Crippen LogP contribution is 2.32. The van der Waals surface area contributed by atoms with Crippen LogP contribution in [0.3, 0.4) is 0 Å².